The van der Waals surface area contributed by atoms with Crippen LogP contribution in [-0.4, -0.2) is 34.9 Å². The van der Waals surface area contributed by atoms with Crippen LogP contribution in [0.1, 0.15) is 28.8 Å². The number of hydrogen-bond acceptors (Lipinski definition) is 3. The average Bonchev–Trinajstić information content (AvgIpc) is 3.05. The highest BCUT2D eigenvalue weighted by molar-refractivity contribution is 6.00. The van der Waals surface area contributed by atoms with Crippen molar-refractivity contribution in [3.05, 3.63) is 65.6 Å². The van der Waals surface area contributed by atoms with Gasteiger partial charge in [0.25, 0.3) is 5.91 Å². The second kappa shape index (κ2) is 6.43. The fourth-order valence-corrected chi connectivity index (χ4v) is 4.28. The molecule has 136 valence electrons. The molecule has 3 heterocycles. The predicted molar refractivity (Wildman–Crippen MR) is 103 cm³/mol. The number of fused-ring (bicyclic) bond motifs is 2. The monoisotopic (exact) mass is 361 g/mol. The normalized spacial score (nSPS) is 19.5. The highest BCUT2D eigenvalue weighted by atomic mass is 19.1. The zero-order chi connectivity index (χ0) is 18.4. The van der Waals surface area contributed by atoms with Crippen molar-refractivity contribution in [2.45, 2.75) is 25.4 Å². The lowest BCUT2D eigenvalue weighted by Crippen LogP contribution is -2.46. The fourth-order valence-electron chi connectivity index (χ4n) is 4.28. The van der Waals surface area contributed by atoms with E-state index >= 15 is 0 Å². The lowest BCUT2D eigenvalue weighted by Gasteiger charge is -2.31. The first kappa shape index (κ1) is 16.4. The molecule has 0 bridgehead atoms. The molecule has 1 atom stereocenters. The van der Waals surface area contributed by atoms with E-state index in [0.717, 1.165) is 53.7 Å². The fraction of sp³-hybridized carbons (Fsp3) is 0.273. The Morgan fingerprint density at radius 2 is 2.07 bits per heavy atom. The van der Waals surface area contributed by atoms with Crippen LogP contribution in [0.2, 0.25) is 0 Å². The van der Waals surface area contributed by atoms with E-state index in [1.54, 1.807) is 18.3 Å². The van der Waals surface area contributed by atoms with Gasteiger partial charge in [-0.3, -0.25) is 9.78 Å². The number of amides is 1. The van der Waals surface area contributed by atoms with Crippen LogP contribution in [0.4, 0.5) is 4.39 Å². The topological polar surface area (TPSA) is 45.2 Å². The Kier molecular flexibility index (Phi) is 3.90. The summed E-state index contributed by atoms with van der Waals surface area (Å²) in [5.41, 5.74) is 3.47. The summed E-state index contributed by atoms with van der Waals surface area (Å²) in [5, 5.41) is 4.73. The van der Waals surface area contributed by atoms with Crippen LogP contribution in [0.5, 0.6) is 0 Å². The van der Waals surface area contributed by atoms with Crippen molar-refractivity contribution in [2.75, 3.05) is 13.1 Å². The Bertz CT molecular complexity index is 1040. The van der Waals surface area contributed by atoms with E-state index in [2.05, 4.69) is 10.3 Å². The number of piperidine rings is 1. The number of hydrogen-bond donors (Lipinski definition) is 1. The molecule has 5 heteroatoms. The third-order valence-electron chi connectivity index (χ3n) is 5.68. The lowest BCUT2D eigenvalue weighted by molar-refractivity contribution is 0.0674. The van der Waals surface area contributed by atoms with Crippen LogP contribution in [0.3, 0.4) is 0 Å². The van der Waals surface area contributed by atoms with Crippen LogP contribution < -0.4 is 5.32 Å². The first-order valence-corrected chi connectivity index (χ1v) is 9.40. The Labute approximate surface area is 157 Å². The predicted octanol–water partition coefficient (Wildman–Crippen LogP) is 3.75. The Morgan fingerprint density at radius 1 is 1.15 bits per heavy atom. The van der Waals surface area contributed by atoms with E-state index in [0.29, 0.717) is 11.9 Å². The quantitative estimate of drug-likeness (QED) is 0.756. The molecule has 3 aromatic rings. The average molecular weight is 361 g/mol. The van der Waals surface area contributed by atoms with E-state index < -0.39 is 0 Å². The molecule has 4 nitrogen and oxygen atoms in total. The summed E-state index contributed by atoms with van der Waals surface area (Å²) in [6.07, 6.45) is 3.78. The van der Waals surface area contributed by atoms with Crippen molar-refractivity contribution < 1.29 is 9.18 Å². The summed E-state index contributed by atoms with van der Waals surface area (Å²) in [5.74, 6) is -0.134. The molecule has 5 rings (SSSR count). The smallest absolute Gasteiger partial charge is 0.254 e. The van der Waals surface area contributed by atoms with Gasteiger partial charge in [-0.05, 0) is 49.2 Å². The van der Waals surface area contributed by atoms with Crippen LogP contribution in [0.15, 0.2) is 48.7 Å². The number of pyridine rings is 1. The molecule has 1 amide bonds. The molecule has 0 saturated carbocycles. The summed E-state index contributed by atoms with van der Waals surface area (Å²) in [6.45, 7) is 2.52. The minimum Gasteiger partial charge on any atom is -0.330 e. The summed E-state index contributed by atoms with van der Waals surface area (Å²) < 4.78 is 14.1. The highest BCUT2D eigenvalue weighted by Gasteiger charge is 2.33. The van der Waals surface area contributed by atoms with E-state index in [1.165, 1.54) is 6.07 Å². The summed E-state index contributed by atoms with van der Waals surface area (Å²) in [4.78, 5) is 19.3. The second-order valence-electron chi connectivity index (χ2n) is 7.30. The van der Waals surface area contributed by atoms with Gasteiger partial charge in [0.1, 0.15) is 5.82 Å². The maximum Gasteiger partial charge on any atom is 0.254 e. The van der Waals surface area contributed by atoms with E-state index in [9.17, 15) is 9.18 Å². The minimum absolute atomic E-state index is 0.113. The molecule has 1 saturated heterocycles. The summed E-state index contributed by atoms with van der Waals surface area (Å²) in [7, 11) is 0. The number of carbonyl (C=O) groups excluding carboxylic acids is 1. The van der Waals surface area contributed by atoms with Crippen molar-refractivity contribution in [1.82, 2.24) is 15.2 Å². The maximum absolute atomic E-state index is 14.1. The largest absolute Gasteiger partial charge is 0.330 e. The second-order valence-corrected chi connectivity index (χ2v) is 7.30. The molecule has 2 aliphatic heterocycles. The van der Waals surface area contributed by atoms with Crippen LogP contribution in [-0.2, 0) is 6.54 Å². The molecule has 1 aromatic heterocycles. The molecule has 2 aliphatic rings. The van der Waals surface area contributed by atoms with Gasteiger partial charge in [-0.15, -0.1) is 0 Å². The van der Waals surface area contributed by atoms with E-state index in [4.69, 9.17) is 0 Å². The van der Waals surface area contributed by atoms with Crippen LogP contribution in [0.25, 0.3) is 22.0 Å². The zero-order valence-electron chi connectivity index (χ0n) is 14.9. The molecule has 27 heavy (non-hydrogen) atoms. The number of halogens is 1. The van der Waals surface area contributed by atoms with Crippen molar-refractivity contribution in [3.63, 3.8) is 0 Å². The summed E-state index contributed by atoms with van der Waals surface area (Å²) >= 11 is 0. The number of aromatic nitrogens is 1. The Balaban J connectivity index is 1.54. The van der Waals surface area contributed by atoms with Crippen molar-refractivity contribution in [1.29, 1.82) is 0 Å². The SMILES string of the molecule is O=C1c2ccc(-c3nccc4c(F)cccc34)cc2CN1C1CCCNC1. The molecular weight excluding hydrogens is 341 g/mol. The number of nitrogens with one attached hydrogen (secondary N) is 1. The van der Waals surface area contributed by atoms with Crippen LogP contribution in [0, 0.1) is 5.82 Å². The molecule has 0 radical (unpaired) electrons. The van der Waals surface area contributed by atoms with Gasteiger partial charge in [-0.1, -0.05) is 18.2 Å². The molecule has 1 unspecified atom stereocenters. The molecular formula is C22H20FN3O. The lowest BCUT2D eigenvalue weighted by atomic mass is 10.00. The summed E-state index contributed by atoms with van der Waals surface area (Å²) in [6, 6.07) is 12.9. The van der Waals surface area contributed by atoms with Crippen molar-refractivity contribution in [3.8, 4) is 11.3 Å². The number of rotatable bonds is 2. The Hall–Kier alpha value is -2.79. The van der Waals surface area contributed by atoms with Crippen molar-refractivity contribution in [2.24, 2.45) is 0 Å². The molecule has 0 spiro atoms. The molecule has 0 aliphatic carbocycles. The van der Waals surface area contributed by atoms with Gasteiger partial charge < -0.3 is 10.2 Å². The standard InChI is InChI=1S/C22H20FN3O/c23-20-5-1-4-19-18(20)8-10-25-21(19)14-6-7-17-15(11-14)13-26(22(17)27)16-3-2-9-24-12-16/h1,4-8,10-11,16,24H,2-3,9,12-13H2. The highest BCUT2D eigenvalue weighted by Crippen LogP contribution is 2.33. The van der Waals surface area contributed by atoms with Crippen LogP contribution >= 0.6 is 0 Å². The molecule has 1 fully saturated rings. The maximum atomic E-state index is 14.1. The van der Waals surface area contributed by atoms with E-state index in [1.807, 2.05) is 29.2 Å². The third kappa shape index (κ3) is 2.70. The first-order chi connectivity index (χ1) is 13.2. The first-order valence-electron chi connectivity index (χ1n) is 9.40. The molecule has 2 aromatic carbocycles. The third-order valence-corrected chi connectivity index (χ3v) is 5.68. The zero-order valence-corrected chi connectivity index (χ0v) is 14.9. The Morgan fingerprint density at radius 3 is 2.93 bits per heavy atom. The molecule has 1 N–H and O–H groups in total. The van der Waals surface area contributed by atoms with Gasteiger partial charge in [-0.2, -0.15) is 0 Å². The number of carbonyl (C=O) groups is 1. The number of benzene rings is 2. The van der Waals surface area contributed by atoms with Gasteiger partial charge in [0.15, 0.2) is 0 Å². The number of nitrogens with zero attached hydrogens (tertiary/aromatic N) is 2. The van der Waals surface area contributed by atoms with Gasteiger partial charge in [0, 0.05) is 47.2 Å². The van der Waals surface area contributed by atoms with E-state index in [-0.39, 0.29) is 17.8 Å². The van der Waals surface area contributed by atoms with Gasteiger partial charge >= 0.3 is 0 Å². The minimum atomic E-state index is -0.247. The van der Waals surface area contributed by atoms with Crippen molar-refractivity contribution >= 4 is 16.7 Å². The van der Waals surface area contributed by atoms with Gasteiger partial charge in [0.2, 0.25) is 0 Å². The van der Waals surface area contributed by atoms with Gasteiger partial charge in [0.05, 0.1) is 5.69 Å². The van der Waals surface area contributed by atoms with Gasteiger partial charge in [-0.25, -0.2) is 4.39 Å².